The summed E-state index contributed by atoms with van der Waals surface area (Å²) in [7, 11) is 1.76. The molecule has 2 unspecified atom stereocenters. The standard InChI is InChI=1S/C18H30N4O3.HI/c1-4-8-24-17-6-5-15(10-20-17)11-21-18(19-3)22-14(2)12-25-16-7-9-23-13-16;/h5-6,10,14,16H,4,7-9,11-13H2,1-3H3,(H2,19,21,22);1H. The van der Waals surface area contributed by atoms with Gasteiger partial charge in [0, 0.05) is 38.5 Å². The molecule has 2 N–H and O–H groups in total. The third-order valence-electron chi connectivity index (χ3n) is 3.79. The minimum absolute atomic E-state index is 0. The summed E-state index contributed by atoms with van der Waals surface area (Å²) in [6.07, 6.45) is 3.99. The van der Waals surface area contributed by atoms with Crippen molar-refractivity contribution in [3.05, 3.63) is 23.9 Å². The van der Waals surface area contributed by atoms with Crippen LogP contribution in [-0.2, 0) is 16.0 Å². The summed E-state index contributed by atoms with van der Waals surface area (Å²) in [5, 5.41) is 6.61. The molecule has 8 heteroatoms. The smallest absolute Gasteiger partial charge is 0.213 e. The highest BCUT2D eigenvalue weighted by Gasteiger charge is 2.17. The molecule has 2 atom stereocenters. The van der Waals surface area contributed by atoms with E-state index < -0.39 is 0 Å². The predicted molar refractivity (Wildman–Crippen MR) is 113 cm³/mol. The fourth-order valence-electron chi connectivity index (χ4n) is 2.39. The number of ether oxygens (including phenoxy) is 3. The van der Waals surface area contributed by atoms with Gasteiger partial charge in [0.05, 0.1) is 25.9 Å². The van der Waals surface area contributed by atoms with Crippen LogP contribution in [0.5, 0.6) is 5.88 Å². The maximum Gasteiger partial charge on any atom is 0.213 e. The monoisotopic (exact) mass is 478 g/mol. The molecule has 1 aliphatic rings. The van der Waals surface area contributed by atoms with Gasteiger partial charge in [0.1, 0.15) is 0 Å². The number of halogens is 1. The Bertz CT molecular complexity index is 522. The van der Waals surface area contributed by atoms with Gasteiger partial charge < -0.3 is 24.8 Å². The summed E-state index contributed by atoms with van der Waals surface area (Å²) < 4.78 is 16.6. The fraction of sp³-hybridized carbons (Fsp3) is 0.667. The van der Waals surface area contributed by atoms with E-state index in [4.69, 9.17) is 14.2 Å². The lowest BCUT2D eigenvalue weighted by Gasteiger charge is -2.19. The van der Waals surface area contributed by atoms with Crippen molar-refractivity contribution < 1.29 is 14.2 Å². The lowest BCUT2D eigenvalue weighted by atomic mass is 10.3. The second-order valence-electron chi connectivity index (χ2n) is 6.14. The van der Waals surface area contributed by atoms with E-state index in [0.29, 0.717) is 32.2 Å². The zero-order valence-electron chi connectivity index (χ0n) is 15.9. The molecule has 0 aromatic carbocycles. The minimum Gasteiger partial charge on any atom is -0.478 e. The van der Waals surface area contributed by atoms with E-state index in [-0.39, 0.29) is 36.1 Å². The van der Waals surface area contributed by atoms with E-state index in [9.17, 15) is 0 Å². The summed E-state index contributed by atoms with van der Waals surface area (Å²) >= 11 is 0. The SMILES string of the molecule is CCCOc1ccc(CNC(=NC)NC(C)COC2CCOC2)cn1.I. The number of rotatable bonds is 9. The Balaban J connectivity index is 0.00000338. The van der Waals surface area contributed by atoms with Crippen LogP contribution in [0.3, 0.4) is 0 Å². The third kappa shape index (κ3) is 8.50. The highest BCUT2D eigenvalue weighted by Crippen LogP contribution is 2.09. The van der Waals surface area contributed by atoms with E-state index in [1.807, 2.05) is 18.3 Å². The first-order valence-corrected chi connectivity index (χ1v) is 8.95. The van der Waals surface area contributed by atoms with Crippen LogP contribution in [0.4, 0.5) is 0 Å². The van der Waals surface area contributed by atoms with Crippen LogP contribution in [0, 0.1) is 0 Å². The quantitative estimate of drug-likeness (QED) is 0.323. The fourth-order valence-corrected chi connectivity index (χ4v) is 2.39. The number of hydrogen-bond acceptors (Lipinski definition) is 5. The normalized spacial score (nSPS) is 18.1. The van der Waals surface area contributed by atoms with Crippen molar-refractivity contribution in [3.8, 4) is 5.88 Å². The van der Waals surface area contributed by atoms with E-state index in [1.54, 1.807) is 7.05 Å². The maximum atomic E-state index is 5.82. The highest BCUT2D eigenvalue weighted by atomic mass is 127. The van der Waals surface area contributed by atoms with Crippen LogP contribution in [0.15, 0.2) is 23.3 Å². The van der Waals surface area contributed by atoms with Crippen LogP contribution < -0.4 is 15.4 Å². The molecule has 0 spiro atoms. The molecule has 7 nitrogen and oxygen atoms in total. The van der Waals surface area contributed by atoms with E-state index in [0.717, 1.165) is 31.0 Å². The van der Waals surface area contributed by atoms with E-state index in [1.165, 1.54) is 0 Å². The molecular formula is C18H31IN4O3. The van der Waals surface area contributed by atoms with Gasteiger partial charge in [-0.05, 0) is 25.3 Å². The van der Waals surface area contributed by atoms with Gasteiger partial charge in [-0.15, -0.1) is 24.0 Å². The van der Waals surface area contributed by atoms with Crippen molar-refractivity contribution in [1.82, 2.24) is 15.6 Å². The van der Waals surface area contributed by atoms with Crippen LogP contribution in [-0.4, -0.2) is 56.6 Å². The zero-order chi connectivity index (χ0) is 17.9. The zero-order valence-corrected chi connectivity index (χ0v) is 18.2. The van der Waals surface area contributed by atoms with Crippen LogP contribution in [0.2, 0.25) is 0 Å². The number of aromatic nitrogens is 1. The molecule has 0 amide bonds. The van der Waals surface area contributed by atoms with Crippen molar-refractivity contribution in [2.75, 3.05) is 33.5 Å². The first-order valence-electron chi connectivity index (χ1n) is 8.95. The van der Waals surface area contributed by atoms with Crippen molar-refractivity contribution in [1.29, 1.82) is 0 Å². The first kappa shape index (κ1) is 22.9. The Morgan fingerprint density at radius 2 is 2.31 bits per heavy atom. The molecule has 0 radical (unpaired) electrons. The molecule has 1 fully saturated rings. The van der Waals surface area contributed by atoms with Crippen molar-refractivity contribution >= 4 is 29.9 Å². The van der Waals surface area contributed by atoms with Crippen molar-refractivity contribution in [3.63, 3.8) is 0 Å². The number of guanidine groups is 1. The first-order chi connectivity index (χ1) is 12.2. The van der Waals surface area contributed by atoms with Gasteiger partial charge >= 0.3 is 0 Å². The summed E-state index contributed by atoms with van der Waals surface area (Å²) in [5.41, 5.74) is 1.07. The molecule has 1 aromatic heterocycles. The molecule has 0 aliphatic carbocycles. The molecule has 148 valence electrons. The summed E-state index contributed by atoms with van der Waals surface area (Å²) in [5.74, 6) is 1.40. The maximum absolute atomic E-state index is 5.82. The van der Waals surface area contributed by atoms with Gasteiger partial charge in [0.25, 0.3) is 0 Å². The van der Waals surface area contributed by atoms with Crippen molar-refractivity contribution in [2.45, 2.75) is 45.4 Å². The van der Waals surface area contributed by atoms with Gasteiger partial charge in [-0.3, -0.25) is 4.99 Å². The Labute approximate surface area is 173 Å². The van der Waals surface area contributed by atoms with Crippen LogP contribution in [0.25, 0.3) is 0 Å². The minimum atomic E-state index is 0. The topological polar surface area (TPSA) is 77.0 Å². The van der Waals surface area contributed by atoms with Gasteiger partial charge in [0.15, 0.2) is 5.96 Å². The molecule has 1 aliphatic heterocycles. The molecule has 1 saturated heterocycles. The van der Waals surface area contributed by atoms with E-state index >= 15 is 0 Å². The largest absolute Gasteiger partial charge is 0.478 e. The van der Waals surface area contributed by atoms with Crippen molar-refractivity contribution in [2.24, 2.45) is 4.99 Å². The van der Waals surface area contributed by atoms with Gasteiger partial charge in [-0.25, -0.2) is 4.98 Å². The summed E-state index contributed by atoms with van der Waals surface area (Å²) in [4.78, 5) is 8.55. The van der Waals surface area contributed by atoms with Gasteiger partial charge in [-0.1, -0.05) is 13.0 Å². The average Bonchev–Trinajstić information content (AvgIpc) is 3.16. The lowest BCUT2D eigenvalue weighted by molar-refractivity contribution is 0.0347. The number of pyridine rings is 1. The molecule has 0 bridgehead atoms. The van der Waals surface area contributed by atoms with Gasteiger partial charge in [-0.2, -0.15) is 0 Å². The predicted octanol–water partition coefficient (Wildman–Crippen LogP) is 2.35. The number of aliphatic imine (C=N–C) groups is 1. The summed E-state index contributed by atoms with van der Waals surface area (Å²) in [6.45, 7) is 7.60. The Kier molecular flexibility index (Phi) is 11.5. The lowest BCUT2D eigenvalue weighted by Crippen LogP contribution is -2.44. The Hall–Kier alpha value is -1.13. The van der Waals surface area contributed by atoms with Crippen LogP contribution in [0.1, 0.15) is 32.3 Å². The molecule has 2 rings (SSSR count). The summed E-state index contributed by atoms with van der Waals surface area (Å²) in [6, 6.07) is 4.06. The molecule has 1 aromatic rings. The Morgan fingerprint density at radius 3 is 2.92 bits per heavy atom. The molecule has 0 saturated carbocycles. The number of nitrogens with zero attached hydrogens (tertiary/aromatic N) is 2. The molecule has 26 heavy (non-hydrogen) atoms. The number of nitrogens with one attached hydrogen (secondary N) is 2. The third-order valence-corrected chi connectivity index (χ3v) is 3.79. The molecule has 2 heterocycles. The molecular weight excluding hydrogens is 447 g/mol. The second-order valence-corrected chi connectivity index (χ2v) is 6.14. The van der Waals surface area contributed by atoms with E-state index in [2.05, 4.69) is 34.5 Å². The second kappa shape index (κ2) is 13.1. The average molecular weight is 478 g/mol. The highest BCUT2D eigenvalue weighted by molar-refractivity contribution is 14.0. The number of hydrogen-bond donors (Lipinski definition) is 2. The Morgan fingerprint density at radius 1 is 1.46 bits per heavy atom. The van der Waals surface area contributed by atoms with Crippen LogP contribution >= 0.6 is 24.0 Å². The van der Waals surface area contributed by atoms with Gasteiger partial charge in [0.2, 0.25) is 5.88 Å².